The molecule has 6 heteroatoms. The third-order valence-corrected chi connectivity index (χ3v) is 1.94. The van der Waals surface area contributed by atoms with Crippen molar-refractivity contribution in [1.29, 1.82) is 0 Å². The minimum absolute atomic E-state index is 0.0307. The Kier molecular flexibility index (Phi) is 2.55. The maximum atomic E-state index is 11.6. The number of aromatic amines is 1. The number of hydrogen-bond donors (Lipinski definition) is 2. The van der Waals surface area contributed by atoms with Gasteiger partial charge in [0.2, 0.25) is 0 Å². The van der Waals surface area contributed by atoms with Gasteiger partial charge >= 0.3 is 0 Å². The summed E-state index contributed by atoms with van der Waals surface area (Å²) in [6, 6.07) is 2.85. The number of carbonyl (C=O) groups is 1. The number of hydrogen-bond acceptors (Lipinski definition) is 4. The average molecular weight is 219 g/mol. The first-order valence-corrected chi connectivity index (χ1v) is 4.58. The number of nitrogens with zero attached hydrogens (tertiary/aromatic N) is 1. The fourth-order valence-corrected chi connectivity index (χ4v) is 1.20. The first-order chi connectivity index (χ1) is 7.66. The van der Waals surface area contributed by atoms with Crippen molar-refractivity contribution >= 4 is 11.7 Å². The van der Waals surface area contributed by atoms with E-state index in [4.69, 9.17) is 4.52 Å². The van der Waals surface area contributed by atoms with Crippen LogP contribution in [0.5, 0.6) is 0 Å². The number of amides is 1. The van der Waals surface area contributed by atoms with Crippen molar-refractivity contribution in [2.75, 3.05) is 5.32 Å². The zero-order valence-corrected chi connectivity index (χ0v) is 8.48. The SMILES string of the molecule is Cc1cc(NC(=O)c2c[nH]ccc2=O)no1. The lowest BCUT2D eigenvalue weighted by atomic mass is 10.2. The zero-order valence-electron chi connectivity index (χ0n) is 8.48. The summed E-state index contributed by atoms with van der Waals surface area (Å²) in [4.78, 5) is 25.6. The molecule has 2 aromatic heterocycles. The van der Waals surface area contributed by atoms with Crippen LogP contribution in [0.25, 0.3) is 0 Å². The van der Waals surface area contributed by atoms with Gasteiger partial charge in [-0.3, -0.25) is 9.59 Å². The van der Waals surface area contributed by atoms with Crippen LogP contribution in [0, 0.1) is 6.92 Å². The quantitative estimate of drug-likeness (QED) is 0.786. The summed E-state index contributed by atoms with van der Waals surface area (Å²) in [5.41, 5.74) is -0.320. The van der Waals surface area contributed by atoms with E-state index in [9.17, 15) is 9.59 Å². The molecule has 0 aliphatic carbocycles. The molecule has 0 saturated heterocycles. The lowest BCUT2D eigenvalue weighted by Crippen LogP contribution is -2.20. The zero-order chi connectivity index (χ0) is 11.5. The van der Waals surface area contributed by atoms with Crippen molar-refractivity contribution in [2.24, 2.45) is 0 Å². The van der Waals surface area contributed by atoms with Gasteiger partial charge in [-0.25, -0.2) is 0 Å². The summed E-state index contributed by atoms with van der Waals surface area (Å²) in [5, 5.41) is 6.05. The lowest BCUT2D eigenvalue weighted by Gasteiger charge is -1.98. The molecule has 1 amide bonds. The summed E-state index contributed by atoms with van der Waals surface area (Å²) >= 11 is 0. The molecule has 82 valence electrons. The lowest BCUT2D eigenvalue weighted by molar-refractivity contribution is 0.102. The Morgan fingerprint density at radius 1 is 1.56 bits per heavy atom. The van der Waals surface area contributed by atoms with Crippen LogP contribution in [0.4, 0.5) is 5.82 Å². The Hall–Kier alpha value is -2.37. The van der Waals surface area contributed by atoms with Crippen LogP contribution in [0.15, 0.2) is 33.8 Å². The van der Waals surface area contributed by atoms with E-state index in [0.717, 1.165) is 0 Å². The second kappa shape index (κ2) is 4.01. The first kappa shape index (κ1) is 10.2. The van der Waals surface area contributed by atoms with Crippen LogP contribution in [0.1, 0.15) is 16.1 Å². The van der Waals surface area contributed by atoms with Crippen molar-refractivity contribution in [3.63, 3.8) is 0 Å². The van der Waals surface area contributed by atoms with Gasteiger partial charge in [0.15, 0.2) is 11.2 Å². The fourth-order valence-electron chi connectivity index (χ4n) is 1.20. The number of H-pyrrole nitrogens is 1. The van der Waals surface area contributed by atoms with E-state index in [-0.39, 0.29) is 16.8 Å². The van der Waals surface area contributed by atoms with Crippen LogP contribution in [-0.4, -0.2) is 16.0 Å². The van der Waals surface area contributed by atoms with Crippen molar-refractivity contribution in [2.45, 2.75) is 6.92 Å². The minimum atomic E-state index is -0.518. The molecule has 0 saturated carbocycles. The van der Waals surface area contributed by atoms with E-state index in [2.05, 4.69) is 15.5 Å². The molecule has 16 heavy (non-hydrogen) atoms. The molecule has 0 aliphatic heterocycles. The Balaban J connectivity index is 2.21. The Bertz CT molecular complexity index is 570. The van der Waals surface area contributed by atoms with E-state index in [0.29, 0.717) is 5.76 Å². The van der Waals surface area contributed by atoms with E-state index in [1.807, 2.05) is 0 Å². The molecule has 0 atom stereocenters. The van der Waals surface area contributed by atoms with Crippen molar-refractivity contribution in [3.05, 3.63) is 46.1 Å². The van der Waals surface area contributed by atoms with Crippen LogP contribution in [0.2, 0.25) is 0 Å². The molecule has 0 aliphatic rings. The molecule has 0 fully saturated rings. The van der Waals surface area contributed by atoms with Gasteiger partial charge < -0.3 is 14.8 Å². The van der Waals surface area contributed by atoms with Crippen LogP contribution >= 0.6 is 0 Å². The Morgan fingerprint density at radius 2 is 2.38 bits per heavy atom. The van der Waals surface area contributed by atoms with E-state index >= 15 is 0 Å². The summed E-state index contributed by atoms with van der Waals surface area (Å²) in [6.07, 6.45) is 2.80. The van der Waals surface area contributed by atoms with Crippen molar-refractivity contribution in [3.8, 4) is 0 Å². The highest BCUT2D eigenvalue weighted by molar-refractivity contribution is 6.03. The van der Waals surface area contributed by atoms with Crippen LogP contribution < -0.4 is 10.7 Å². The molecule has 2 rings (SSSR count). The molecule has 0 radical (unpaired) electrons. The molecule has 0 bridgehead atoms. The van der Waals surface area contributed by atoms with Gasteiger partial charge in [-0.15, -0.1) is 0 Å². The monoisotopic (exact) mass is 219 g/mol. The largest absolute Gasteiger partial charge is 0.367 e. The minimum Gasteiger partial charge on any atom is -0.367 e. The number of pyridine rings is 1. The predicted octanol–water partition coefficient (Wildman–Crippen LogP) is 0.924. The third kappa shape index (κ3) is 2.00. The number of rotatable bonds is 2. The second-order valence-corrected chi connectivity index (χ2v) is 3.20. The molecular weight excluding hydrogens is 210 g/mol. The maximum absolute atomic E-state index is 11.6. The highest BCUT2D eigenvalue weighted by Gasteiger charge is 2.11. The summed E-state index contributed by atoms with van der Waals surface area (Å²) < 4.78 is 4.78. The standard InChI is InChI=1S/C10H9N3O3/c1-6-4-9(13-16-6)12-10(15)7-5-11-3-2-8(7)14/h2-5H,1H3,(H,11,14)(H,12,13,15). The first-order valence-electron chi connectivity index (χ1n) is 4.58. The topological polar surface area (TPSA) is 88.0 Å². The summed E-state index contributed by atoms with van der Waals surface area (Å²) in [7, 11) is 0. The molecule has 2 N–H and O–H groups in total. The predicted molar refractivity (Wildman–Crippen MR) is 56.3 cm³/mol. The van der Waals surface area contributed by atoms with Gasteiger partial charge in [0.1, 0.15) is 11.3 Å². The third-order valence-electron chi connectivity index (χ3n) is 1.94. The van der Waals surface area contributed by atoms with Gasteiger partial charge in [0.05, 0.1) is 0 Å². The van der Waals surface area contributed by atoms with Gasteiger partial charge in [-0.1, -0.05) is 5.16 Å². The fraction of sp³-hybridized carbons (Fsp3) is 0.100. The van der Waals surface area contributed by atoms with Crippen molar-refractivity contribution < 1.29 is 9.32 Å². The molecule has 0 aromatic carbocycles. The molecule has 2 heterocycles. The highest BCUT2D eigenvalue weighted by Crippen LogP contribution is 2.07. The number of aromatic nitrogens is 2. The van der Waals surface area contributed by atoms with E-state index < -0.39 is 5.91 Å². The van der Waals surface area contributed by atoms with Crippen molar-refractivity contribution in [1.82, 2.24) is 10.1 Å². The molecular formula is C10H9N3O3. The van der Waals surface area contributed by atoms with Crippen LogP contribution in [-0.2, 0) is 0 Å². The van der Waals surface area contributed by atoms with Gasteiger partial charge in [-0.05, 0) is 6.92 Å². The Morgan fingerprint density at radius 3 is 3.00 bits per heavy atom. The average Bonchev–Trinajstić information content (AvgIpc) is 2.64. The van der Waals surface area contributed by atoms with E-state index in [1.165, 1.54) is 18.5 Å². The molecule has 0 spiro atoms. The number of nitrogens with one attached hydrogen (secondary N) is 2. The summed E-state index contributed by atoms with van der Waals surface area (Å²) in [6.45, 7) is 1.71. The van der Waals surface area contributed by atoms with Gasteiger partial charge in [0.25, 0.3) is 5.91 Å². The second-order valence-electron chi connectivity index (χ2n) is 3.20. The normalized spacial score (nSPS) is 10.1. The molecule has 0 unspecified atom stereocenters. The smallest absolute Gasteiger partial charge is 0.262 e. The van der Waals surface area contributed by atoms with Gasteiger partial charge in [-0.2, -0.15) is 0 Å². The number of anilines is 1. The molecule has 2 aromatic rings. The highest BCUT2D eigenvalue weighted by atomic mass is 16.5. The maximum Gasteiger partial charge on any atom is 0.262 e. The Labute approximate surface area is 90.3 Å². The number of carbonyl (C=O) groups excluding carboxylic acids is 1. The van der Waals surface area contributed by atoms with E-state index in [1.54, 1.807) is 13.0 Å². The summed E-state index contributed by atoms with van der Waals surface area (Å²) in [5.74, 6) is 0.346. The van der Waals surface area contributed by atoms with Gasteiger partial charge in [0, 0.05) is 24.5 Å². The van der Waals surface area contributed by atoms with Crippen LogP contribution in [0.3, 0.4) is 0 Å². The molecule has 6 nitrogen and oxygen atoms in total. The number of aryl methyl sites for hydroxylation is 1.